The van der Waals surface area contributed by atoms with Crippen LogP contribution in [-0.2, 0) is 4.74 Å². The molecule has 0 aliphatic carbocycles. The van der Waals surface area contributed by atoms with Crippen molar-refractivity contribution in [3.05, 3.63) is 29.3 Å². The summed E-state index contributed by atoms with van der Waals surface area (Å²) in [6.07, 6.45) is 4.73. The standard InChI is InChI=1S/C21H32ClN5O/c22-18-3-5-19(6-4-18)25-11-13-26(14-12-25)20(23)24-17-21(7-15-28-16-8-21)27-9-1-2-10-27/h3-6H,1-2,7-17H2,(H2,23,24). The van der Waals surface area contributed by atoms with Crippen LogP contribution in [0.25, 0.3) is 0 Å². The Morgan fingerprint density at radius 2 is 1.64 bits per heavy atom. The van der Waals surface area contributed by atoms with Crippen LogP contribution in [-0.4, -0.2) is 80.3 Å². The number of hydrogen-bond acceptors (Lipinski definition) is 4. The van der Waals surface area contributed by atoms with E-state index in [9.17, 15) is 0 Å². The minimum Gasteiger partial charge on any atom is -0.381 e. The molecule has 0 spiro atoms. The summed E-state index contributed by atoms with van der Waals surface area (Å²) in [4.78, 5) is 12.1. The quantitative estimate of drug-likeness (QED) is 0.615. The van der Waals surface area contributed by atoms with E-state index in [4.69, 9.17) is 27.1 Å². The second-order valence-corrected chi connectivity index (χ2v) is 8.59. The summed E-state index contributed by atoms with van der Waals surface area (Å²) >= 11 is 6.00. The predicted molar refractivity (Wildman–Crippen MR) is 115 cm³/mol. The van der Waals surface area contributed by atoms with E-state index in [1.165, 1.54) is 31.6 Å². The summed E-state index contributed by atoms with van der Waals surface area (Å²) in [6, 6.07) is 8.07. The van der Waals surface area contributed by atoms with Crippen molar-refractivity contribution in [1.29, 1.82) is 0 Å². The molecule has 4 rings (SSSR count). The van der Waals surface area contributed by atoms with Gasteiger partial charge in [0, 0.05) is 55.6 Å². The van der Waals surface area contributed by atoms with Gasteiger partial charge in [0.1, 0.15) is 0 Å². The first-order valence-electron chi connectivity index (χ1n) is 10.5. The molecule has 3 fully saturated rings. The van der Waals surface area contributed by atoms with Crippen LogP contribution in [0.5, 0.6) is 0 Å². The van der Waals surface area contributed by atoms with Gasteiger partial charge in [0.15, 0.2) is 5.96 Å². The van der Waals surface area contributed by atoms with Crippen LogP contribution in [0.2, 0.25) is 5.02 Å². The molecular formula is C21H32ClN5O. The van der Waals surface area contributed by atoms with Crippen molar-refractivity contribution in [2.24, 2.45) is 10.7 Å². The number of ether oxygens (including phenoxy) is 1. The summed E-state index contributed by atoms with van der Waals surface area (Å²) in [7, 11) is 0. The van der Waals surface area contributed by atoms with E-state index in [2.05, 4.69) is 26.8 Å². The van der Waals surface area contributed by atoms with Gasteiger partial charge in [-0.2, -0.15) is 0 Å². The maximum Gasteiger partial charge on any atom is 0.191 e. The molecule has 0 radical (unpaired) electrons. The highest BCUT2D eigenvalue weighted by atomic mass is 35.5. The number of guanidine groups is 1. The number of hydrogen-bond donors (Lipinski definition) is 1. The number of nitrogens with zero attached hydrogens (tertiary/aromatic N) is 4. The summed E-state index contributed by atoms with van der Waals surface area (Å²) in [5.41, 5.74) is 7.78. The number of nitrogens with two attached hydrogens (primary N) is 1. The van der Waals surface area contributed by atoms with E-state index in [1.807, 2.05) is 12.1 Å². The zero-order valence-electron chi connectivity index (χ0n) is 16.7. The molecule has 2 N–H and O–H groups in total. The maximum atomic E-state index is 6.42. The monoisotopic (exact) mass is 405 g/mol. The van der Waals surface area contributed by atoms with Gasteiger partial charge in [-0.15, -0.1) is 0 Å². The maximum absolute atomic E-state index is 6.42. The molecule has 3 aliphatic heterocycles. The third-order valence-electron chi connectivity index (χ3n) is 6.53. The lowest BCUT2D eigenvalue weighted by Crippen LogP contribution is -2.55. The summed E-state index contributed by atoms with van der Waals surface area (Å²) in [6.45, 7) is 8.54. The van der Waals surface area contributed by atoms with Crippen LogP contribution in [0.15, 0.2) is 29.3 Å². The Bertz CT molecular complexity index is 660. The molecule has 1 aromatic carbocycles. The van der Waals surface area contributed by atoms with Crippen LogP contribution in [0.3, 0.4) is 0 Å². The zero-order valence-corrected chi connectivity index (χ0v) is 17.4. The number of piperazine rings is 1. The predicted octanol–water partition coefficient (Wildman–Crippen LogP) is 2.42. The Hall–Kier alpha value is -1.50. The van der Waals surface area contributed by atoms with Gasteiger partial charge in [-0.25, -0.2) is 0 Å². The average molecular weight is 406 g/mol. The second kappa shape index (κ2) is 8.89. The van der Waals surface area contributed by atoms with E-state index < -0.39 is 0 Å². The molecule has 3 heterocycles. The SMILES string of the molecule is NC(=NCC1(N2CCCC2)CCOCC1)N1CCN(c2ccc(Cl)cc2)CC1. The molecule has 0 bridgehead atoms. The van der Waals surface area contributed by atoms with Gasteiger partial charge in [-0.3, -0.25) is 9.89 Å². The Labute approximate surface area is 173 Å². The van der Waals surface area contributed by atoms with E-state index >= 15 is 0 Å². The normalized spacial score (nSPS) is 24.0. The van der Waals surface area contributed by atoms with Gasteiger partial charge in [-0.05, 0) is 63.0 Å². The molecule has 6 nitrogen and oxygen atoms in total. The van der Waals surface area contributed by atoms with E-state index in [0.29, 0.717) is 5.96 Å². The van der Waals surface area contributed by atoms with Crippen LogP contribution < -0.4 is 10.6 Å². The van der Waals surface area contributed by atoms with Gasteiger partial charge < -0.3 is 20.3 Å². The smallest absolute Gasteiger partial charge is 0.191 e. The highest BCUT2D eigenvalue weighted by molar-refractivity contribution is 6.30. The fourth-order valence-corrected chi connectivity index (χ4v) is 4.82. The Kier molecular flexibility index (Phi) is 6.28. The topological polar surface area (TPSA) is 57.3 Å². The Morgan fingerprint density at radius 1 is 1.00 bits per heavy atom. The highest BCUT2D eigenvalue weighted by Crippen LogP contribution is 2.31. The number of likely N-dealkylation sites (tertiary alicyclic amines) is 1. The molecule has 154 valence electrons. The number of anilines is 1. The van der Waals surface area contributed by atoms with E-state index in [-0.39, 0.29) is 5.54 Å². The van der Waals surface area contributed by atoms with Crippen LogP contribution >= 0.6 is 11.6 Å². The lowest BCUT2D eigenvalue weighted by molar-refractivity contribution is -0.0139. The van der Waals surface area contributed by atoms with Crippen molar-refractivity contribution in [2.75, 3.05) is 63.9 Å². The Morgan fingerprint density at radius 3 is 2.29 bits per heavy atom. The minimum atomic E-state index is 0.143. The lowest BCUT2D eigenvalue weighted by Gasteiger charge is -2.44. The fraction of sp³-hybridized carbons (Fsp3) is 0.667. The zero-order chi connectivity index (χ0) is 19.4. The summed E-state index contributed by atoms with van der Waals surface area (Å²) in [5, 5.41) is 0.777. The first kappa shape index (κ1) is 19.8. The third-order valence-corrected chi connectivity index (χ3v) is 6.78. The largest absolute Gasteiger partial charge is 0.381 e. The summed E-state index contributed by atoms with van der Waals surface area (Å²) < 4.78 is 5.64. The van der Waals surface area contributed by atoms with Crippen molar-refractivity contribution in [3.8, 4) is 0 Å². The second-order valence-electron chi connectivity index (χ2n) is 8.16. The molecule has 0 unspecified atom stereocenters. The first-order chi connectivity index (χ1) is 13.7. The molecule has 0 atom stereocenters. The van der Waals surface area contributed by atoms with Gasteiger partial charge >= 0.3 is 0 Å². The molecule has 28 heavy (non-hydrogen) atoms. The number of aliphatic imine (C=N–C) groups is 1. The number of benzene rings is 1. The van der Waals surface area contributed by atoms with Crippen LogP contribution in [0.4, 0.5) is 5.69 Å². The van der Waals surface area contributed by atoms with Crippen molar-refractivity contribution < 1.29 is 4.74 Å². The lowest BCUT2D eigenvalue weighted by atomic mass is 9.88. The molecule has 7 heteroatoms. The van der Waals surface area contributed by atoms with Crippen LogP contribution in [0.1, 0.15) is 25.7 Å². The molecule has 0 amide bonds. The molecule has 3 saturated heterocycles. The third kappa shape index (κ3) is 4.39. The van der Waals surface area contributed by atoms with E-state index in [1.54, 1.807) is 0 Å². The average Bonchev–Trinajstić information content (AvgIpc) is 3.29. The van der Waals surface area contributed by atoms with Crippen molar-refractivity contribution >= 4 is 23.2 Å². The van der Waals surface area contributed by atoms with Gasteiger partial charge in [0.05, 0.1) is 6.54 Å². The fourth-order valence-electron chi connectivity index (χ4n) is 4.69. The molecular weight excluding hydrogens is 374 g/mol. The first-order valence-corrected chi connectivity index (χ1v) is 10.9. The molecule has 0 saturated carbocycles. The van der Waals surface area contributed by atoms with Gasteiger partial charge in [0.25, 0.3) is 0 Å². The van der Waals surface area contributed by atoms with Crippen molar-refractivity contribution in [1.82, 2.24) is 9.80 Å². The number of rotatable bonds is 4. The molecule has 0 aromatic heterocycles. The Balaban J connectivity index is 1.35. The molecule has 3 aliphatic rings. The highest BCUT2D eigenvalue weighted by Gasteiger charge is 2.39. The molecule has 1 aromatic rings. The van der Waals surface area contributed by atoms with E-state index in [0.717, 1.165) is 63.8 Å². The van der Waals surface area contributed by atoms with Crippen LogP contribution in [0, 0.1) is 0 Å². The van der Waals surface area contributed by atoms with Crippen molar-refractivity contribution in [3.63, 3.8) is 0 Å². The number of halogens is 1. The summed E-state index contributed by atoms with van der Waals surface area (Å²) in [5.74, 6) is 0.695. The minimum absolute atomic E-state index is 0.143. The van der Waals surface area contributed by atoms with Gasteiger partial charge in [-0.1, -0.05) is 11.6 Å². The van der Waals surface area contributed by atoms with Gasteiger partial charge in [0.2, 0.25) is 0 Å². The van der Waals surface area contributed by atoms with Crippen molar-refractivity contribution in [2.45, 2.75) is 31.2 Å².